The number of carbonyl (C=O) groups excluding carboxylic acids is 1. The standard InChI is InChI=1S/C24H28N4O3/c1-30-20-3-4-21(22(17-20)31-2)23(27-15-9-18-5-11-25-12-6-18)24(29)28-16-10-19-7-13-26-14-8-19/h3-8,11-14,17,23,27H,9-10,15-16H2,1-2H3,(H,28,29). The zero-order chi connectivity index (χ0) is 21.9. The van der Waals surface area contributed by atoms with Crippen molar-refractivity contribution >= 4 is 5.91 Å². The lowest BCUT2D eigenvalue weighted by Gasteiger charge is -2.21. The van der Waals surface area contributed by atoms with Gasteiger partial charge >= 0.3 is 0 Å². The van der Waals surface area contributed by atoms with Crippen LogP contribution in [0.3, 0.4) is 0 Å². The van der Waals surface area contributed by atoms with E-state index in [1.165, 1.54) is 0 Å². The number of hydrogen-bond donors (Lipinski definition) is 2. The quantitative estimate of drug-likeness (QED) is 0.496. The lowest BCUT2D eigenvalue weighted by atomic mass is 10.0. The number of benzene rings is 1. The molecule has 0 saturated carbocycles. The molecule has 3 rings (SSSR count). The molecule has 0 saturated heterocycles. The van der Waals surface area contributed by atoms with Crippen molar-refractivity contribution < 1.29 is 14.3 Å². The summed E-state index contributed by atoms with van der Waals surface area (Å²) in [5.41, 5.74) is 3.04. The third-order valence-electron chi connectivity index (χ3n) is 4.99. The minimum Gasteiger partial charge on any atom is -0.497 e. The monoisotopic (exact) mass is 420 g/mol. The van der Waals surface area contributed by atoms with E-state index in [1.54, 1.807) is 45.1 Å². The Morgan fingerprint density at radius 3 is 2.06 bits per heavy atom. The highest BCUT2D eigenvalue weighted by molar-refractivity contribution is 5.84. The second-order valence-electron chi connectivity index (χ2n) is 7.00. The van der Waals surface area contributed by atoms with Crippen LogP contribution in [0, 0.1) is 0 Å². The summed E-state index contributed by atoms with van der Waals surface area (Å²) < 4.78 is 10.8. The molecule has 0 aliphatic rings. The zero-order valence-electron chi connectivity index (χ0n) is 17.9. The van der Waals surface area contributed by atoms with Crippen molar-refractivity contribution in [2.75, 3.05) is 27.3 Å². The summed E-state index contributed by atoms with van der Waals surface area (Å²) in [4.78, 5) is 21.2. The number of rotatable bonds is 11. The first-order valence-corrected chi connectivity index (χ1v) is 10.2. The number of methoxy groups -OCH3 is 2. The van der Waals surface area contributed by atoms with E-state index in [1.807, 2.05) is 36.4 Å². The Morgan fingerprint density at radius 2 is 1.48 bits per heavy atom. The number of pyridine rings is 2. The van der Waals surface area contributed by atoms with Gasteiger partial charge in [-0.05, 0) is 60.4 Å². The van der Waals surface area contributed by atoms with Crippen molar-refractivity contribution in [3.05, 3.63) is 83.9 Å². The number of nitrogens with zero attached hydrogens (tertiary/aromatic N) is 2. The highest BCUT2D eigenvalue weighted by Gasteiger charge is 2.23. The Bertz CT molecular complexity index is 952. The number of ether oxygens (including phenoxy) is 2. The third kappa shape index (κ3) is 6.52. The van der Waals surface area contributed by atoms with Gasteiger partial charge in [0.2, 0.25) is 5.91 Å². The molecular formula is C24H28N4O3. The van der Waals surface area contributed by atoms with Crippen molar-refractivity contribution in [2.45, 2.75) is 18.9 Å². The summed E-state index contributed by atoms with van der Waals surface area (Å²) in [6.45, 7) is 1.16. The third-order valence-corrected chi connectivity index (χ3v) is 4.99. The summed E-state index contributed by atoms with van der Waals surface area (Å²) >= 11 is 0. The second kappa shape index (κ2) is 11.7. The molecule has 31 heavy (non-hydrogen) atoms. The summed E-state index contributed by atoms with van der Waals surface area (Å²) in [6.07, 6.45) is 8.56. The van der Waals surface area contributed by atoms with Gasteiger partial charge in [0, 0.05) is 49.5 Å². The number of nitrogens with one attached hydrogen (secondary N) is 2. The van der Waals surface area contributed by atoms with Crippen LogP contribution in [0.25, 0.3) is 0 Å². The molecule has 2 heterocycles. The second-order valence-corrected chi connectivity index (χ2v) is 7.00. The average Bonchev–Trinajstić information content (AvgIpc) is 2.83. The molecule has 162 valence electrons. The van der Waals surface area contributed by atoms with Crippen LogP contribution in [-0.4, -0.2) is 43.2 Å². The van der Waals surface area contributed by atoms with Crippen molar-refractivity contribution in [1.82, 2.24) is 20.6 Å². The molecule has 3 aromatic rings. The smallest absolute Gasteiger partial charge is 0.241 e. The Kier molecular flexibility index (Phi) is 8.37. The van der Waals surface area contributed by atoms with Crippen LogP contribution in [0.4, 0.5) is 0 Å². The van der Waals surface area contributed by atoms with Crippen LogP contribution in [0.15, 0.2) is 67.3 Å². The Morgan fingerprint density at radius 1 is 0.871 bits per heavy atom. The molecule has 0 spiro atoms. The molecule has 7 heteroatoms. The molecule has 7 nitrogen and oxygen atoms in total. The van der Waals surface area contributed by atoms with E-state index in [0.29, 0.717) is 24.6 Å². The number of amides is 1. The van der Waals surface area contributed by atoms with E-state index in [-0.39, 0.29) is 5.91 Å². The summed E-state index contributed by atoms with van der Waals surface area (Å²) in [6, 6.07) is 12.8. The molecule has 0 fully saturated rings. The van der Waals surface area contributed by atoms with Crippen LogP contribution in [0.1, 0.15) is 22.7 Å². The lowest BCUT2D eigenvalue weighted by molar-refractivity contribution is -0.123. The predicted octanol–water partition coefficient (Wildman–Crippen LogP) is 2.73. The van der Waals surface area contributed by atoms with Gasteiger partial charge in [0.1, 0.15) is 17.5 Å². The SMILES string of the molecule is COc1ccc(C(NCCc2ccncc2)C(=O)NCCc2ccncc2)c(OC)c1. The van der Waals surface area contributed by atoms with Crippen LogP contribution in [-0.2, 0) is 17.6 Å². The molecule has 0 aliphatic carbocycles. The number of aromatic nitrogens is 2. The van der Waals surface area contributed by atoms with Gasteiger partial charge in [-0.15, -0.1) is 0 Å². The molecule has 0 aliphatic heterocycles. The van der Waals surface area contributed by atoms with Crippen LogP contribution in [0.5, 0.6) is 11.5 Å². The van der Waals surface area contributed by atoms with Gasteiger partial charge in [-0.25, -0.2) is 0 Å². The van der Waals surface area contributed by atoms with Gasteiger partial charge in [-0.2, -0.15) is 0 Å². The molecule has 2 aromatic heterocycles. The Labute approximate surface area is 182 Å². The van der Waals surface area contributed by atoms with Gasteiger partial charge in [-0.3, -0.25) is 14.8 Å². The largest absolute Gasteiger partial charge is 0.497 e. The van der Waals surface area contributed by atoms with Crippen LogP contribution >= 0.6 is 0 Å². The van der Waals surface area contributed by atoms with Crippen LogP contribution < -0.4 is 20.1 Å². The van der Waals surface area contributed by atoms with Crippen molar-refractivity contribution in [3.8, 4) is 11.5 Å². The molecule has 2 N–H and O–H groups in total. The summed E-state index contributed by atoms with van der Waals surface area (Å²) in [5.74, 6) is 1.17. The Hall–Kier alpha value is -3.45. The molecule has 1 aromatic carbocycles. The molecule has 1 unspecified atom stereocenters. The average molecular weight is 421 g/mol. The fourth-order valence-electron chi connectivity index (χ4n) is 3.29. The van der Waals surface area contributed by atoms with Crippen molar-refractivity contribution in [3.63, 3.8) is 0 Å². The first-order chi connectivity index (χ1) is 15.2. The fraction of sp³-hybridized carbons (Fsp3) is 0.292. The lowest BCUT2D eigenvalue weighted by Crippen LogP contribution is -2.39. The molecule has 0 bridgehead atoms. The fourth-order valence-corrected chi connectivity index (χ4v) is 3.29. The summed E-state index contributed by atoms with van der Waals surface area (Å²) in [7, 11) is 3.19. The van der Waals surface area contributed by atoms with E-state index in [2.05, 4.69) is 20.6 Å². The maximum Gasteiger partial charge on any atom is 0.241 e. The zero-order valence-corrected chi connectivity index (χ0v) is 17.9. The highest BCUT2D eigenvalue weighted by Crippen LogP contribution is 2.29. The van der Waals surface area contributed by atoms with E-state index in [4.69, 9.17) is 9.47 Å². The number of hydrogen-bond acceptors (Lipinski definition) is 6. The molecule has 1 amide bonds. The normalized spacial score (nSPS) is 11.5. The molecular weight excluding hydrogens is 392 g/mol. The first kappa shape index (κ1) is 22.2. The molecule has 1 atom stereocenters. The predicted molar refractivity (Wildman–Crippen MR) is 119 cm³/mol. The molecule has 0 radical (unpaired) electrons. The van der Waals surface area contributed by atoms with E-state index >= 15 is 0 Å². The van der Waals surface area contributed by atoms with Crippen molar-refractivity contribution in [2.24, 2.45) is 0 Å². The van der Waals surface area contributed by atoms with Gasteiger partial charge < -0.3 is 20.1 Å². The van der Waals surface area contributed by atoms with E-state index in [0.717, 1.165) is 29.5 Å². The van der Waals surface area contributed by atoms with E-state index in [9.17, 15) is 4.79 Å². The van der Waals surface area contributed by atoms with Gasteiger partial charge in [0.05, 0.1) is 14.2 Å². The van der Waals surface area contributed by atoms with Crippen LogP contribution in [0.2, 0.25) is 0 Å². The van der Waals surface area contributed by atoms with Gasteiger partial charge in [0.15, 0.2) is 0 Å². The Balaban J connectivity index is 1.70. The van der Waals surface area contributed by atoms with Gasteiger partial charge in [-0.1, -0.05) is 0 Å². The maximum atomic E-state index is 13.1. The van der Waals surface area contributed by atoms with E-state index < -0.39 is 6.04 Å². The highest BCUT2D eigenvalue weighted by atomic mass is 16.5. The number of carbonyl (C=O) groups is 1. The minimum atomic E-state index is -0.555. The minimum absolute atomic E-state index is 0.104. The van der Waals surface area contributed by atoms with Gasteiger partial charge in [0.25, 0.3) is 0 Å². The van der Waals surface area contributed by atoms with Crippen molar-refractivity contribution in [1.29, 1.82) is 0 Å². The summed E-state index contributed by atoms with van der Waals surface area (Å²) in [5, 5.41) is 6.42. The first-order valence-electron chi connectivity index (χ1n) is 10.2. The topological polar surface area (TPSA) is 85.4 Å². The maximum absolute atomic E-state index is 13.1.